The van der Waals surface area contributed by atoms with Crippen molar-refractivity contribution in [1.29, 1.82) is 0 Å². The molecule has 1 heterocycles. The quantitative estimate of drug-likeness (QED) is 0.182. The lowest BCUT2D eigenvalue weighted by Crippen LogP contribution is -2.16. The Morgan fingerprint density at radius 2 is 0.944 bits per heavy atom. The van der Waals surface area contributed by atoms with Crippen molar-refractivity contribution < 1.29 is 4.42 Å². The first kappa shape index (κ1) is 31.2. The number of nitrogens with zero attached hydrogens (tertiary/aromatic N) is 1. The molecule has 0 atom stereocenters. The minimum Gasteiger partial charge on any atom is -0.455 e. The van der Waals surface area contributed by atoms with Crippen LogP contribution < -0.4 is 4.90 Å². The van der Waals surface area contributed by atoms with E-state index < -0.39 is 0 Å². The SMILES string of the molecule is CC1(C)c2ccccc2-c2ccc(-c3ccc4c(c3)oc3c5ccccc5c(N(c5ccccc5)c5ccc6c(c5)C(C)(C)c5ccccc5-6)cc43)cc21. The van der Waals surface area contributed by atoms with Crippen molar-refractivity contribution in [2.24, 2.45) is 0 Å². The summed E-state index contributed by atoms with van der Waals surface area (Å²) in [5.74, 6) is 0. The van der Waals surface area contributed by atoms with Gasteiger partial charge in [-0.2, -0.15) is 0 Å². The van der Waals surface area contributed by atoms with Crippen LogP contribution in [0.3, 0.4) is 0 Å². The molecule has 258 valence electrons. The smallest absolute Gasteiger partial charge is 0.143 e. The van der Waals surface area contributed by atoms with Gasteiger partial charge >= 0.3 is 0 Å². The van der Waals surface area contributed by atoms with Gasteiger partial charge in [0, 0.05) is 43.7 Å². The third-order valence-electron chi connectivity index (χ3n) is 12.5. The largest absolute Gasteiger partial charge is 0.455 e. The third kappa shape index (κ3) is 4.28. The number of rotatable bonds is 4. The number of benzene rings is 8. The van der Waals surface area contributed by atoms with Gasteiger partial charge in [-0.25, -0.2) is 0 Å². The lowest BCUT2D eigenvalue weighted by atomic mass is 9.81. The van der Waals surface area contributed by atoms with Gasteiger partial charge in [-0.15, -0.1) is 0 Å². The zero-order chi connectivity index (χ0) is 36.3. The molecule has 0 unspecified atom stereocenters. The van der Waals surface area contributed by atoms with E-state index in [-0.39, 0.29) is 10.8 Å². The van der Waals surface area contributed by atoms with Crippen LogP contribution in [0.2, 0.25) is 0 Å². The summed E-state index contributed by atoms with van der Waals surface area (Å²) >= 11 is 0. The lowest BCUT2D eigenvalue weighted by Gasteiger charge is -2.29. The molecule has 0 spiro atoms. The van der Waals surface area contributed by atoms with Crippen LogP contribution in [-0.2, 0) is 10.8 Å². The van der Waals surface area contributed by atoms with E-state index in [4.69, 9.17) is 4.42 Å². The Morgan fingerprint density at radius 1 is 0.389 bits per heavy atom. The van der Waals surface area contributed by atoms with Gasteiger partial charge in [-0.05, 0) is 104 Å². The zero-order valence-electron chi connectivity index (χ0n) is 30.9. The minimum atomic E-state index is -0.104. The van der Waals surface area contributed by atoms with Crippen LogP contribution in [0.1, 0.15) is 49.9 Å². The van der Waals surface area contributed by atoms with Crippen molar-refractivity contribution in [3.05, 3.63) is 186 Å². The zero-order valence-corrected chi connectivity index (χ0v) is 30.9. The summed E-state index contributed by atoms with van der Waals surface area (Å²) in [6.45, 7) is 9.39. The van der Waals surface area contributed by atoms with Crippen LogP contribution in [-0.4, -0.2) is 0 Å². The Balaban J connectivity index is 1.09. The lowest BCUT2D eigenvalue weighted by molar-refractivity contribution is 0.660. The summed E-state index contributed by atoms with van der Waals surface area (Å²) in [6.07, 6.45) is 0. The molecule has 0 bridgehead atoms. The molecule has 11 rings (SSSR count). The maximum absolute atomic E-state index is 6.86. The molecular weight excluding hydrogens is 655 g/mol. The van der Waals surface area contributed by atoms with E-state index in [0.29, 0.717) is 0 Å². The summed E-state index contributed by atoms with van der Waals surface area (Å²) in [5, 5.41) is 4.49. The average molecular weight is 694 g/mol. The summed E-state index contributed by atoms with van der Waals surface area (Å²) in [6, 6.07) is 60.2. The topological polar surface area (TPSA) is 16.4 Å². The molecule has 0 radical (unpaired) electrons. The van der Waals surface area contributed by atoms with E-state index in [2.05, 4.69) is 196 Å². The fraction of sp³-hybridized carbons (Fsp3) is 0.115. The van der Waals surface area contributed by atoms with Crippen LogP contribution in [0.15, 0.2) is 168 Å². The van der Waals surface area contributed by atoms with Gasteiger partial charge < -0.3 is 9.32 Å². The first-order chi connectivity index (χ1) is 26.3. The standard InChI is InChI=1S/C52H39NO/c1-51(2)44-20-12-10-16-36(44)38-25-22-32(28-46(38)51)33-23-26-41-43-31-48(40-18-8-9-19-42(40)50(43)54-49(41)29-33)53(34-14-6-5-7-15-34)35-24-27-39-37-17-11-13-21-45(37)52(3,4)47(39)30-35/h5-31H,1-4H3. The minimum absolute atomic E-state index is 0.0517. The number of hydrogen-bond donors (Lipinski definition) is 0. The second-order valence-corrected chi connectivity index (χ2v) is 16.1. The van der Waals surface area contributed by atoms with Crippen molar-refractivity contribution in [3.63, 3.8) is 0 Å². The van der Waals surface area contributed by atoms with Crippen molar-refractivity contribution in [3.8, 4) is 33.4 Å². The van der Waals surface area contributed by atoms with E-state index in [1.807, 2.05) is 0 Å². The summed E-state index contributed by atoms with van der Waals surface area (Å²) < 4.78 is 6.86. The molecular formula is C52H39NO. The number of para-hydroxylation sites is 1. The molecule has 2 aliphatic rings. The molecule has 0 aliphatic heterocycles. The van der Waals surface area contributed by atoms with Gasteiger partial charge in [-0.3, -0.25) is 0 Å². The van der Waals surface area contributed by atoms with E-state index in [1.165, 1.54) is 50.1 Å². The first-order valence-corrected chi connectivity index (χ1v) is 19.0. The average Bonchev–Trinajstić information content (AvgIpc) is 3.77. The number of anilines is 3. The highest BCUT2D eigenvalue weighted by Gasteiger charge is 2.37. The van der Waals surface area contributed by atoms with Crippen molar-refractivity contribution in [1.82, 2.24) is 0 Å². The molecule has 0 saturated heterocycles. The van der Waals surface area contributed by atoms with Crippen LogP contribution in [0.5, 0.6) is 0 Å². The second-order valence-electron chi connectivity index (χ2n) is 16.1. The van der Waals surface area contributed by atoms with Crippen LogP contribution in [0.4, 0.5) is 17.1 Å². The van der Waals surface area contributed by atoms with E-state index >= 15 is 0 Å². The molecule has 0 fully saturated rings. The van der Waals surface area contributed by atoms with Crippen molar-refractivity contribution in [2.45, 2.75) is 38.5 Å². The highest BCUT2D eigenvalue weighted by molar-refractivity contribution is 6.20. The number of hydrogen-bond acceptors (Lipinski definition) is 2. The number of fused-ring (bicyclic) bond motifs is 11. The molecule has 0 saturated carbocycles. The molecule has 2 heteroatoms. The Morgan fingerprint density at radius 3 is 1.67 bits per heavy atom. The van der Waals surface area contributed by atoms with Crippen molar-refractivity contribution >= 4 is 49.8 Å². The van der Waals surface area contributed by atoms with Crippen molar-refractivity contribution in [2.75, 3.05) is 4.90 Å². The summed E-state index contributed by atoms with van der Waals surface area (Å²) in [7, 11) is 0. The van der Waals surface area contributed by atoms with Crippen LogP contribution in [0.25, 0.3) is 66.1 Å². The van der Waals surface area contributed by atoms with Gasteiger partial charge in [0.1, 0.15) is 11.2 Å². The van der Waals surface area contributed by atoms with Gasteiger partial charge in [0.05, 0.1) is 5.69 Å². The molecule has 54 heavy (non-hydrogen) atoms. The Bertz CT molecular complexity index is 3000. The van der Waals surface area contributed by atoms with Gasteiger partial charge in [0.15, 0.2) is 0 Å². The summed E-state index contributed by atoms with van der Waals surface area (Å²) in [4.78, 5) is 2.43. The van der Waals surface area contributed by atoms with E-state index in [1.54, 1.807) is 0 Å². The van der Waals surface area contributed by atoms with Gasteiger partial charge in [-0.1, -0.05) is 143 Å². The predicted octanol–water partition coefficient (Wildman–Crippen LogP) is 14.5. The monoisotopic (exact) mass is 693 g/mol. The molecule has 8 aromatic carbocycles. The Labute approximate surface area is 315 Å². The second kappa shape index (κ2) is 11.1. The fourth-order valence-corrected chi connectivity index (χ4v) is 9.66. The highest BCUT2D eigenvalue weighted by atomic mass is 16.3. The maximum atomic E-state index is 6.86. The first-order valence-electron chi connectivity index (χ1n) is 19.0. The molecule has 1 aromatic heterocycles. The molecule has 2 aliphatic carbocycles. The normalized spacial score (nSPS) is 14.6. The van der Waals surface area contributed by atoms with Gasteiger partial charge in [0.25, 0.3) is 0 Å². The van der Waals surface area contributed by atoms with Crippen LogP contribution in [0, 0.1) is 0 Å². The predicted molar refractivity (Wildman–Crippen MR) is 226 cm³/mol. The molecule has 0 N–H and O–H groups in total. The Kier molecular flexibility index (Phi) is 6.39. The van der Waals surface area contributed by atoms with E-state index in [9.17, 15) is 0 Å². The Hall–Kier alpha value is -6.38. The third-order valence-corrected chi connectivity index (χ3v) is 12.5. The van der Waals surface area contributed by atoms with Gasteiger partial charge in [0.2, 0.25) is 0 Å². The maximum Gasteiger partial charge on any atom is 0.143 e. The molecule has 0 amide bonds. The number of furan rings is 1. The highest BCUT2D eigenvalue weighted by Crippen LogP contribution is 2.53. The fourth-order valence-electron chi connectivity index (χ4n) is 9.66. The molecule has 2 nitrogen and oxygen atoms in total. The molecule has 9 aromatic rings. The van der Waals surface area contributed by atoms with Crippen LogP contribution >= 0.6 is 0 Å². The van der Waals surface area contributed by atoms with E-state index in [0.717, 1.165) is 55.3 Å². The summed E-state index contributed by atoms with van der Waals surface area (Å²) in [5.41, 5.74) is 18.3.